The van der Waals surface area contributed by atoms with Gasteiger partial charge in [0.15, 0.2) is 5.60 Å². The number of nitrogens with zero attached hydrogens (tertiary/aromatic N) is 2. The van der Waals surface area contributed by atoms with E-state index in [0.717, 1.165) is 5.56 Å². The van der Waals surface area contributed by atoms with Gasteiger partial charge >= 0.3 is 5.97 Å². The van der Waals surface area contributed by atoms with Crippen LogP contribution in [0.2, 0.25) is 0 Å². The van der Waals surface area contributed by atoms with E-state index in [0.29, 0.717) is 22.3 Å². The Kier molecular flexibility index (Phi) is 3.99. The minimum Gasteiger partial charge on any atom is -0.508 e. The largest absolute Gasteiger partial charge is 0.508 e. The summed E-state index contributed by atoms with van der Waals surface area (Å²) in [5, 5.41) is 40.3. The van der Waals surface area contributed by atoms with Gasteiger partial charge in [0, 0.05) is 22.1 Å². The van der Waals surface area contributed by atoms with Crippen LogP contribution in [0.5, 0.6) is 5.75 Å². The first-order valence-electron chi connectivity index (χ1n) is 8.77. The molecule has 1 atom stereocenters. The number of hydrogen-bond donors (Lipinski definition) is 4. The fraction of sp³-hybridized carbons (Fsp3) is 0.250. The molecule has 144 valence electrons. The summed E-state index contributed by atoms with van der Waals surface area (Å²) in [7, 11) is 0. The van der Waals surface area contributed by atoms with Crippen LogP contribution in [-0.4, -0.2) is 35.9 Å². The summed E-state index contributed by atoms with van der Waals surface area (Å²) in [5.41, 5.74) is -0.903. The Labute approximate surface area is 159 Å². The van der Waals surface area contributed by atoms with Crippen LogP contribution in [0.15, 0.2) is 35.1 Å². The van der Waals surface area contributed by atoms with Crippen LogP contribution in [0.1, 0.15) is 30.0 Å². The fourth-order valence-electron chi connectivity index (χ4n) is 3.74. The molecule has 1 aliphatic heterocycles. The number of carboxylic acid groups (broad SMARTS) is 1. The number of fused-ring (bicyclic) bond motifs is 4. The number of carbonyl (C=O) groups is 1. The number of hydrogen-bond acceptors (Lipinski definition) is 6. The third kappa shape index (κ3) is 2.42. The molecule has 0 amide bonds. The van der Waals surface area contributed by atoms with Gasteiger partial charge in [-0.3, -0.25) is 4.79 Å². The summed E-state index contributed by atoms with van der Waals surface area (Å²) < 4.78 is 1.41. The van der Waals surface area contributed by atoms with E-state index in [9.17, 15) is 30.0 Å². The predicted octanol–water partition coefficient (Wildman–Crippen LogP) is 1.31. The first kappa shape index (κ1) is 18.1. The average Bonchev–Trinajstić information content (AvgIpc) is 3.03. The van der Waals surface area contributed by atoms with Crippen molar-refractivity contribution in [1.29, 1.82) is 0 Å². The van der Waals surface area contributed by atoms with Gasteiger partial charge in [-0.1, -0.05) is 6.92 Å². The maximum Gasteiger partial charge on any atom is 0.340 e. The molecule has 0 saturated heterocycles. The van der Waals surface area contributed by atoms with Crippen molar-refractivity contribution in [1.82, 2.24) is 9.55 Å². The molecule has 1 aromatic carbocycles. The molecular weight excluding hydrogens is 364 g/mol. The topological polar surface area (TPSA) is 133 Å². The Bertz CT molecular complexity index is 1200. The third-order valence-corrected chi connectivity index (χ3v) is 5.32. The summed E-state index contributed by atoms with van der Waals surface area (Å²) in [5.74, 6) is -1.39. The molecule has 2 aromatic heterocycles. The maximum absolute atomic E-state index is 12.9. The number of carboxylic acids is 1. The highest BCUT2D eigenvalue weighted by molar-refractivity contribution is 5.86. The number of aliphatic hydroxyl groups is 2. The number of phenols is 1. The molecule has 0 spiro atoms. The lowest BCUT2D eigenvalue weighted by atomic mass is 9.87. The van der Waals surface area contributed by atoms with Crippen molar-refractivity contribution in [2.24, 2.45) is 0 Å². The summed E-state index contributed by atoms with van der Waals surface area (Å²) in [6, 6.07) is 7.96. The predicted molar refractivity (Wildman–Crippen MR) is 100.0 cm³/mol. The number of aromatic hydroxyl groups is 1. The quantitative estimate of drug-likeness (QED) is 0.418. The van der Waals surface area contributed by atoms with Crippen LogP contribution in [0.4, 0.5) is 0 Å². The van der Waals surface area contributed by atoms with Gasteiger partial charge in [0.05, 0.1) is 30.1 Å². The second kappa shape index (κ2) is 6.15. The molecule has 1 aliphatic rings. The van der Waals surface area contributed by atoms with E-state index < -0.39 is 23.7 Å². The number of aliphatic hydroxyl groups excluding tert-OH is 1. The highest BCUT2D eigenvalue weighted by Crippen LogP contribution is 2.36. The van der Waals surface area contributed by atoms with Crippen LogP contribution < -0.4 is 5.56 Å². The van der Waals surface area contributed by atoms with Crippen LogP contribution in [0.25, 0.3) is 22.3 Å². The van der Waals surface area contributed by atoms with Gasteiger partial charge in [0.1, 0.15) is 5.75 Å². The SMILES string of the molecule is CCC(O)(C(=O)O)c1cc2n(c(=O)c1CO)Cc1cc3cc(O)ccc3nc1-2. The summed E-state index contributed by atoms with van der Waals surface area (Å²) in [6.07, 6.45) is -0.171. The van der Waals surface area contributed by atoms with Crippen molar-refractivity contribution < 1.29 is 25.2 Å². The van der Waals surface area contributed by atoms with E-state index in [1.54, 1.807) is 12.1 Å². The summed E-state index contributed by atoms with van der Waals surface area (Å²) >= 11 is 0. The Balaban J connectivity index is 2.02. The Hall–Kier alpha value is -3.23. The van der Waals surface area contributed by atoms with Crippen molar-refractivity contribution >= 4 is 16.9 Å². The van der Waals surface area contributed by atoms with Gasteiger partial charge in [0.25, 0.3) is 5.56 Å². The number of pyridine rings is 2. The maximum atomic E-state index is 12.9. The van der Waals surface area contributed by atoms with Crippen molar-refractivity contribution in [3.05, 3.63) is 57.4 Å². The normalized spacial score (nSPS) is 14.5. The third-order valence-electron chi connectivity index (χ3n) is 5.32. The molecule has 4 rings (SSSR count). The number of aromatic nitrogens is 2. The Morgan fingerprint density at radius 3 is 2.68 bits per heavy atom. The van der Waals surface area contributed by atoms with E-state index in [1.807, 2.05) is 6.07 Å². The number of aliphatic carboxylic acids is 1. The van der Waals surface area contributed by atoms with Gasteiger partial charge in [-0.15, -0.1) is 0 Å². The van der Waals surface area contributed by atoms with Crippen molar-refractivity contribution in [3.63, 3.8) is 0 Å². The van der Waals surface area contributed by atoms with Crippen LogP contribution >= 0.6 is 0 Å². The highest BCUT2D eigenvalue weighted by atomic mass is 16.4. The lowest BCUT2D eigenvalue weighted by Crippen LogP contribution is -2.39. The molecule has 4 N–H and O–H groups in total. The summed E-state index contributed by atoms with van der Waals surface area (Å²) in [4.78, 5) is 29.2. The van der Waals surface area contributed by atoms with E-state index in [2.05, 4.69) is 4.98 Å². The van der Waals surface area contributed by atoms with Crippen molar-refractivity contribution in [2.75, 3.05) is 0 Å². The second-order valence-electron chi connectivity index (χ2n) is 6.86. The molecule has 1 unspecified atom stereocenters. The molecule has 0 saturated carbocycles. The van der Waals surface area contributed by atoms with Gasteiger partial charge in [-0.05, 0) is 36.8 Å². The summed E-state index contributed by atoms with van der Waals surface area (Å²) in [6.45, 7) is 1.00. The Morgan fingerprint density at radius 2 is 2.04 bits per heavy atom. The van der Waals surface area contributed by atoms with E-state index in [-0.39, 0.29) is 29.8 Å². The smallest absolute Gasteiger partial charge is 0.340 e. The van der Waals surface area contributed by atoms with Crippen LogP contribution in [-0.2, 0) is 23.5 Å². The first-order chi connectivity index (χ1) is 13.3. The van der Waals surface area contributed by atoms with E-state index >= 15 is 0 Å². The first-order valence-corrected chi connectivity index (χ1v) is 8.77. The van der Waals surface area contributed by atoms with Gasteiger partial charge in [-0.2, -0.15) is 0 Å². The van der Waals surface area contributed by atoms with Crippen LogP contribution in [0, 0.1) is 0 Å². The number of benzene rings is 1. The Morgan fingerprint density at radius 1 is 1.29 bits per heavy atom. The molecule has 0 bridgehead atoms. The van der Waals surface area contributed by atoms with Gasteiger partial charge in [-0.25, -0.2) is 9.78 Å². The lowest BCUT2D eigenvalue weighted by Gasteiger charge is -2.25. The monoisotopic (exact) mass is 382 g/mol. The standard InChI is InChI=1S/C20H18N2O6/c1-2-20(28,19(26)27)14-7-16-17-11(8-22(16)18(25)13(14)9-23)5-10-6-12(24)3-4-15(10)21-17/h3-7,23-24,28H,2,8-9H2,1H3,(H,26,27). The molecular formula is C20H18N2O6. The zero-order valence-corrected chi connectivity index (χ0v) is 15.0. The minimum atomic E-state index is -2.29. The molecule has 0 aliphatic carbocycles. The number of rotatable bonds is 4. The highest BCUT2D eigenvalue weighted by Gasteiger charge is 2.40. The van der Waals surface area contributed by atoms with E-state index in [4.69, 9.17) is 0 Å². The zero-order valence-electron chi connectivity index (χ0n) is 15.0. The van der Waals surface area contributed by atoms with Crippen molar-refractivity contribution in [2.45, 2.75) is 32.1 Å². The van der Waals surface area contributed by atoms with E-state index in [1.165, 1.54) is 23.6 Å². The van der Waals surface area contributed by atoms with Crippen molar-refractivity contribution in [3.8, 4) is 17.1 Å². The van der Waals surface area contributed by atoms with Gasteiger partial charge in [0.2, 0.25) is 0 Å². The molecule has 8 heteroatoms. The van der Waals surface area contributed by atoms with Gasteiger partial charge < -0.3 is 25.0 Å². The minimum absolute atomic E-state index is 0.0984. The molecule has 0 fully saturated rings. The molecule has 8 nitrogen and oxygen atoms in total. The lowest BCUT2D eigenvalue weighted by molar-refractivity contribution is -0.160. The average molecular weight is 382 g/mol. The molecule has 3 heterocycles. The zero-order chi connectivity index (χ0) is 20.2. The second-order valence-corrected chi connectivity index (χ2v) is 6.86. The molecule has 28 heavy (non-hydrogen) atoms. The number of phenolic OH excluding ortho intramolecular Hbond substituents is 1. The molecule has 3 aromatic rings. The fourth-order valence-corrected chi connectivity index (χ4v) is 3.74. The molecule has 0 radical (unpaired) electrons. The van der Waals surface area contributed by atoms with Crippen LogP contribution in [0.3, 0.4) is 0 Å².